The molecule has 110 valence electrons. The van der Waals surface area contributed by atoms with Gasteiger partial charge in [0, 0.05) is 12.2 Å². The van der Waals surface area contributed by atoms with Crippen LogP contribution >= 0.6 is 0 Å². The number of rotatable bonds is 5. The summed E-state index contributed by atoms with van der Waals surface area (Å²) >= 11 is 0. The number of piperidine rings is 1. The van der Waals surface area contributed by atoms with Crippen LogP contribution in [0.15, 0.2) is 24.3 Å². The molecule has 0 bridgehead atoms. The van der Waals surface area contributed by atoms with Gasteiger partial charge >= 0.3 is 0 Å². The number of benzene rings is 1. The molecular formula is C16H24N2O2. The summed E-state index contributed by atoms with van der Waals surface area (Å²) < 4.78 is 5.74. The van der Waals surface area contributed by atoms with E-state index in [0.717, 1.165) is 31.6 Å². The molecule has 0 unspecified atom stereocenters. The molecular weight excluding hydrogens is 252 g/mol. The van der Waals surface area contributed by atoms with Crippen molar-refractivity contribution in [3.8, 4) is 0 Å². The Balaban J connectivity index is 1.89. The first kappa shape index (κ1) is 15.0. The summed E-state index contributed by atoms with van der Waals surface area (Å²) in [6, 6.07) is 8.03. The Kier molecular flexibility index (Phi) is 5.56. The van der Waals surface area contributed by atoms with Crippen molar-refractivity contribution in [2.75, 3.05) is 31.1 Å². The SMILES string of the molecule is CCN(C(=O)COC1CCNCC1)c1ccc(C)cc1. The van der Waals surface area contributed by atoms with Gasteiger partial charge in [-0.15, -0.1) is 0 Å². The first-order chi connectivity index (χ1) is 9.70. The van der Waals surface area contributed by atoms with Gasteiger partial charge in [-0.25, -0.2) is 0 Å². The third-order valence-corrected chi connectivity index (χ3v) is 3.69. The number of hydrogen-bond acceptors (Lipinski definition) is 3. The molecule has 0 radical (unpaired) electrons. The second kappa shape index (κ2) is 7.41. The second-order valence-corrected chi connectivity index (χ2v) is 5.23. The molecule has 1 aromatic rings. The van der Waals surface area contributed by atoms with E-state index in [0.29, 0.717) is 6.54 Å². The Hall–Kier alpha value is -1.39. The Morgan fingerprint density at radius 1 is 1.30 bits per heavy atom. The predicted molar refractivity (Wildman–Crippen MR) is 81.0 cm³/mol. The summed E-state index contributed by atoms with van der Waals surface area (Å²) in [5, 5.41) is 3.29. The highest BCUT2D eigenvalue weighted by Crippen LogP contribution is 2.16. The number of carbonyl (C=O) groups excluding carboxylic acids is 1. The van der Waals surface area contributed by atoms with Crippen molar-refractivity contribution in [3.63, 3.8) is 0 Å². The average molecular weight is 276 g/mol. The van der Waals surface area contributed by atoms with Crippen molar-refractivity contribution in [2.24, 2.45) is 0 Å². The Morgan fingerprint density at radius 3 is 2.55 bits per heavy atom. The summed E-state index contributed by atoms with van der Waals surface area (Å²) in [6.07, 6.45) is 2.20. The van der Waals surface area contributed by atoms with Gasteiger partial charge in [-0.3, -0.25) is 4.79 Å². The number of nitrogens with zero attached hydrogens (tertiary/aromatic N) is 1. The number of likely N-dealkylation sites (N-methyl/N-ethyl adjacent to an activating group) is 1. The van der Waals surface area contributed by atoms with E-state index in [9.17, 15) is 4.79 Å². The Bertz CT molecular complexity index is 425. The van der Waals surface area contributed by atoms with E-state index in [1.54, 1.807) is 4.90 Å². The maximum absolute atomic E-state index is 12.3. The first-order valence-electron chi connectivity index (χ1n) is 7.40. The van der Waals surface area contributed by atoms with Crippen molar-refractivity contribution < 1.29 is 9.53 Å². The lowest BCUT2D eigenvalue weighted by atomic mass is 10.1. The predicted octanol–water partition coefficient (Wildman–Crippen LogP) is 2.12. The average Bonchev–Trinajstić information content (AvgIpc) is 2.49. The van der Waals surface area contributed by atoms with Crippen LogP contribution in [0.2, 0.25) is 0 Å². The minimum atomic E-state index is 0.0369. The van der Waals surface area contributed by atoms with Crippen molar-refractivity contribution in [2.45, 2.75) is 32.8 Å². The van der Waals surface area contributed by atoms with Gasteiger partial charge in [-0.2, -0.15) is 0 Å². The molecule has 20 heavy (non-hydrogen) atoms. The van der Waals surface area contributed by atoms with E-state index in [-0.39, 0.29) is 18.6 Å². The van der Waals surface area contributed by atoms with Gasteiger partial charge in [0.1, 0.15) is 6.61 Å². The van der Waals surface area contributed by atoms with Gasteiger partial charge in [0.2, 0.25) is 0 Å². The van der Waals surface area contributed by atoms with Crippen LogP contribution < -0.4 is 10.2 Å². The maximum Gasteiger partial charge on any atom is 0.252 e. The van der Waals surface area contributed by atoms with E-state index in [4.69, 9.17) is 4.74 Å². The van der Waals surface area contributed by atoms with Crippen molar-refractivity contribution in [3.05, 3.63) is 29.8 Å². The van der Waals surface area contributed by atoms with Crippen LogP contribution in [0.5, 0.6) is 0 Å². The lowest BCUT2D eigenvalue weighted by Crippen LogP contribution is -2.38. The second-order valence-electron chi connectivity index (χ2n) is 5.23. The quantitative estimate of drug-likeness (QED) is 0.895. The smallest absolute Gasteiger partial charge is 0.252 e. The summed E-state index contributed by atoms with van der Waals surface area (Å²) in [6.45, 7) is 6.83. The van der Waals surface area contributed by atoms with Crippen LogP contribution in [0.1, 0.15) is 25.3 Å². The van der Waals surface area contributed by atoms with Crippen molar-refractivity contribution >= 4 is 11.6 Å². The molecule has 1 N–H and O–H groups in total. The summed E-state index contributed by atoms with van der Waals surface area (Å²) in [5.74, 6) is 0.0369. The molecule has 1 heterocycles. The molecule has 0 atom stereocenters. The van der Waals surface area contributed by atoms with E-state index >= 15 is 0 Å². The number of anilines is 1. The molecule has 1 saturated heterocycles. The Labute approximate surface area is 121 Å². The van der Waals surface area contributed by atoms with E-state index < -0.39 is 0 Å². The van der Waals surface area contributed by atoms with E-state index in [1.807, 2.05) is 38.1 Å². The normalized spacial score (nSPS) is 16.1. The number of amides is 1. The van der Waals surface area contributed by atoms with E-state index in [2.05, 4.69) is 5.32 Å². The molecule has 1 amide bonds. The van der Waals surface area contributed by atoms with Crippen LogP contribution in [0.25, 0.3) is 0 Å². The molecule has 0 aliphatic carbocycles. The van der Waals surface area contributed by atoms with Crippen LogP contribution in [-0.4, -0.2) is 38.3 Å². The molecule has 0 spiro atoms. The van der Waals surface area contributed by atoms with Crippen LogP contribution in [-0.2, 0) is 9.53 Å². The summed E-state index contributed by atoms with van der Waals surface area (Å²) in [7, 11) is 0. The highest BCUT2D eigenvalue weighted by molar-refractivity contribution is 5.94. The standard InChI is InChI=1S/C16H24N2O2/c1-3-18(14-6-4-13(2)5-7-14)16(19)12-20-15-8-10-17-11-9-15/h4-7,15,17H,3,8-12H2,1-2H3. The molecule has 1 aliphatic heterocycles. The maximum atomic E-state index is 12.3. The van der Waals surface area contributed by atoms with Gasteiger partial charge in [0.05, 0.1) is 6.10 Å². The highest BCUT2D eigenvalue weighted by Gasteiger charge is 2.18. The van der Waals surface area contributed by atoms with E-state index in [1.165, 1.54) is 5.56 Å². The third-order valence-electron chi connectivity index (χ3n) is 3.69. The van der Waals surface area contributed by atoms with Crippen molar-refractivity contribution in [1.29, 1.82) is 0 Å². The zero-order valence-corrected chi connectivity index (χ0v) is 12.4. The monoisotopic (exact) mass is 276 g/mol. The number of aryl methyl sites for hydroxylation is 1. The number of carbonyl (C=O) groups is 1. The molecule has 1 aliphatic rings. The van der Waals surface area contributed by atoms with Gasteiger partial charge in [-0.1, -0.05) is 17.7 Å². The lowest BCUT2D eigenvalue weighted by molar-refractivity contribution is -0.125. The minimum absolute atomic E-state index is 0.0369. The van der Waals surface area contributed by atoms with Crippen LogP contribution in [0.3, 0.4) is 0 Å². The molecule has 0 saturated carbocycles. The number of nitrogens with one attached hydrogen (secondary N) is 1. The third kappa shape index (κ3) is 4.05. The minimum Gasteiger partial charge on any atom is -0.368 e. The molecule has 4 heteroatoms. The van der Waals surface area contributed by atoms with Gasteiger partial charge in [-0.05, 0) is 51.9 Å². The van der Waals surface area contributed by atoms with Gasteiger partial charge in [0.25, 0.3) is 5.91 Å². The molecule has 1 fully saturated rings. The van der Waals surface area contributed by atoms with Crippen LogP contribution in [0.4, 0.5) is 5.69 Å². The molecule has 0 aromatic heterocycles. The van der Waals surface area contributed by atoms with Gasteiger partial charge in [0.15, 0.2) is 0 Å². The molecule has 1 aromatic carbocycles. The zero-order chi connectivity index (χ0) is 14.4. The van der Waals surface area contributed by atoms with Crippen molar-refractivity contribution in [1.82, 2.24) is 5.32 Å². The largest absolute Gasteiger partial charge is 0.368 e. The number of hydrogen-bond donors (Lipinski definition) is 1. The lowest BCUT2D eigenvalue weighted by Gasteiger charge is -2.25. The fraction of sp³-hybridized carbons (Fsp3) is 0.562. The zero-order valence-electron chi connectivity index (χ0n) is 12.4. The summed E-state index contributed by atoms with van der Waals surface area (Å²) in [5.41, 5.74) is 2.14. The summed E-state index contributed by atoms with van der Waals surface area (Å²) in [4.78, 5) is 14.1. The fourth-order valence-corrected chi connectivity index (χ4v) is 2.46. The topological polar surface area (TPSA) is 41.6 Å². The van der Waals surface area contributed by atoms with Crippen LogP contribution in [0, 0.1) is 6.92 Å². The molecule has 2 rings (SSSR count). The Morgan fingerprint density at radius 2 is 1.95 bits per heavy atom. The fourth-order valence-electron chi connectivity index (χ4n) is 2.46. The molecule has 4 nitrogen and oxygen atoms in total. The number of ether oxygens (including phenoxy) is 1. The highest BCUT2D eigenvalue weighted by atomic mass is 16.5. The van der Waals surface area contributed by atoms with Gasteiger partial charge < -0.3 is 15.0 Å². The first-order valence-corrected chi connectivity index (χ1v) is 7.40.